The molecule has 0 heterocycles. The molecule has 1 aliphatic rings. The summed E-state index contributed by atoms with van der Waals surface area (Å²) in [6, 6.07) is 1.94. The number of carboxylic acids is 1. The number of alkyl halides is 6. The van der Waals surface area contributed by atoms with Gasteiger partial charge in [-0.15, -0.1) is 0 Å². The number of carbonyl (C=O) groups excluding carboxylic acids is 2. The van der Waals surface area contributed by atoms with Crippen molar-refractivity contribution in [1.82, 2.24) is 0 Å². The summed E-state index contributed by atoms with van der Waals surface area (Å²) in [7, 11) is 0. The lowest BCUT2D eigenvalue weighted by atomic mass is 9.97. The van der Waals surface area contributed by atoms with Crippen LogP contribution in [0.1, 0.15) is 49.4 Å². The summed E-state index contributed by atoms with van der Waals surface area (Å²) < 4.78 is 102. The van der Waals surface area contributed by atoms with Gasteiger partial charge in [-0.25, -0.2) is 9.18 Å². The van der Waals surface area contributed by atoms with E-state index >= 15 is 0 Å². The fourth-order valence-electron chi connectivity index (χ4n) is 3.13. The molecule has 0 aliphatic heterocycles. The van der Waals surface area contributed by atoms with Gasteiger partial charge < -0.3 is 19.4 Å². The highest BCUT2D eigenvalue weighted by molar-refractivity contribution is 5.90. The summed E-state index contributed by atoms with van der Waals surface area (Å²) in [5, 5.41) is 10.5. The highest BCUT2D eigenvalue weighted by Gasteiger charge is 2.74. The normalized spacial score (nSPS) is 16.9. The number of benzene rings is 1. The highest BCUT2D eigenvalue weighted by atomic mass is 19.4. The molecule has 1 aromatic carbocycles. The Balaban J connectivity index is 2.33. The number of hydrogen-bond acceptors (Lipinski definition) is 5. The maximum atomic E-state index is 14.3. The summed E-state index contributed by atoms with van der Waals surface area (Å²) in [5.74, 6) is -6.52. The third-order valence-corrected chi connectivity index (χ3v) is 4.76. The van der Waals surface area contributed by atoms with Gasteiger partial charge in [-0.3, -0.25) is 0 Å². The van der Waals surface area contributed by atoms with Crippen LogP contribution in [-0.2, 0) is 9.53 Å². The first-order valence-electron chi connectivity index (χ1n) is 8.65. The number of rotatable bonds is 6. The monoisotopic (exact) mass is 445 g/mol. The molecule has 0 bridgehead atoms. The molecule has 0 atom stereocenters. The van der Waals surface area contributed by atoms with Crippen LogP contribution >= 0.6 is 0 Å². The Bertz CT molecular complexity index is 796. The second kappa shape index (κ2) is 7.95. The lowest BCUT2D eigenvalue weighted by Crippen LogP contribution is -2.61. The van der Waals surface area contributed by atoms with Gasteiger partial charge in [-0.2, -0.15) is 26.3 Å². The van der Waals surface area contributed by atoms with Crippen molar-refractivity contribution in [3.63, 3.8) is 0 Å². The lowest BCUT2D eigenvalue weighted by molar-refractivity contribution is -0.377. The van der Waals surface area contributed by atoms with E-state index in [4.69, 9.17) is 4.74 Å². The second-order valence-corrected chi connectivity index (χ2v) is 7.17. The molecule has 1 aromatic rings. The first-order chi connectivity index (χ1) is 13.6. The summed E-state index contributed by atoms with van der Waals surface area (Å²) in [6.45, 7) is 1.71. The zero-order valence-electron chi connectivity index (χ0n) is 15.5. The van der Waals surface area contributed by atoms with Gasteiger partial charge in [0.05, 0.1) is 5.56 Å². The van der Waals surface area contributed by atoms with Crippen molar-refractivity contribution >= 4 is 11.9 Å². The molecule has 30 heavy (non-hydrogen) atoms. The van der Waals surface area contributed by atoms with E-state index in [0.717, 1.165) is 25.0 Å². The Labute approximate surface area is 165 Å². The molecule has 0 unspecified atom stereocenters. The van der Waals surface area contributed by atoms with Gasteiger partial charge in [0.15, 0.2) is 11.6 Å². The Morgan fingerprint density at radius 2 is 1.60 bits per heavy atom. The summed E-state index contributed by atoms with van der Waals surface area (Å²) >= 11 is 0. The van der Waals surface area contributed by atoms with Gasteiger partial charge >= 0.3 is 23.9 Å². The molecule has 1 saturated carbocycles. The molecule has 0 radical (unpaired) electrons. The molecule has 0 aromatic heterocycles. The predicted octanol–water partition coefficient (Wildman–Crippen LogP) is 3.70. The maximum Gasteiger partial charge on any atom is 0.437 e. The van der Waals surface area contributed by atoms with E-state index in [0.29, 0.717) is 18.9 Å². The average molecular weight is 445 g/mol. The molecule has 0 spiro atoms. The third-order valence-electron chi connectivity index (χ3n) is 4.76. The maximum absolute atomic E-state index is 14.3. The van der Waals surface area contributed by atoms with E-state index in [9.17, 15) is 45.4 Å². The highest BCUT2D eigenvalue weighted by Crippen LogP contribution is 2.48. The van der Waals surface area contributed by atoms with Crippen LogP contribution in [-0.4, -0.2) is 35.5 Å². The van der Waals surface area contributed by atoms with Gasteiger partial charge in [0.2, 0.25) is 0 Å². The Kier molecular flexibility index (Phi) is 6.29. The van der Waals surface area contributed by atoms with Crippen molar-refractivity contribution in [2.24, 2.45) is 0 Å². The van der Waals surface area contributed by atoms with Crippen molar-refractivity contribution in [2.45, 2.75) is 62.6 Å². The lowest BCUT2D eigenvalue weighted by Gasteiger charge is -2.36. The first kappa shape index (κ1) is 23.7. The van der Waals surface area contributed by atoms with E-state index in [2.05, 4.69) is 4.74 Å². The van der Waals surface area contributed by atoms with Gasteiger partial charge in [0, 0.05) is 12.4 Å². The molecule has 2 rings (SSSR count). The Hall–Kier alpha value is -2.53. The number of esters is 1. The molecule has 5 nitrogen and oxygen atoms in total. The topological polar surface area (TPSA) is 75.7 Å². The molecule has 168 valence electrons. The van der Waals surface area contributed by atoms with E-state index in [1.807, 2.05) is 0 Å². The van der Waals surface area contributed by atoms with Crippen LogP contribution in [0.5, 0.6) is 5.75 Å². The minimum atomic E-state index is -6.33. The van der Waals surface area contributed by atoms with Crippen molar-refractivity contribution < 1.29 is 54.9 Å². The fourth-order valence-corrected chi connectivity index (χ4v) is 3.13. The predicted molar refractivity (Wildman–Crippen MR) is 83.8 cm³/mol. The molecule has 0 saturated heterocycles. The van der Waals surface area contributed by atoms with Crippen molar-refractivity contribution in [3.8, 4) is 5.75 Å². The SMILES string of the molecule is CC1(Oc2ccc(C(=O)OC(CC(=O)[O-])(C(F)(F)F)C(F)(F)F)cc2F)CCCC1. The minimum Gasteiger partial charge on any atom is -0.550 e. The summed E-state index contributed by atoms with van der Waals surface area (Å²) in [5.41, 5.74) is -7.05. The largest absolute Gasteiger partial charge is 0.550 e. The summed E-state index contributed by atoms with van der Waals surface area (Å²) in [6.07, 6.45) is -12.5. The van der Waals surface area contributed by atoms with Crippen LogP contribution in [0.25, 0.3) is 0 Å². The fraction of sp³-hybridized carbons (Fsp3) is 0.556. The van der Waals surface area contributed by atoms with Crippen LogP contribution in [0.3, 0.4) is 0 Å². The smallest absolute Gasteiger partial charge is 0.437 e. The van der Waals surface area contributed by atoms with Gasteiger partial charge in [0.1, 0.15) is 5.60 Å². The molecule has 12 heteroatoms. The summed E-state index contributed by atoms with van der Waals surface area (Å²) in [4.78, 5) is 22.5. The van der Waals surface area contributed by atoms with E-state index in [-0.39, 0.29) is 5.75 Å². The number of carboxylic acid groups (broad SMARTS) is 1. The van der Waals surface area contributed by atoms with Gasteiger partial charge in [-0.05, 0) is 50.8 Å². The Morgan fingerprint density at radius 3 is 2.03 bits per heavy atom. The van der Waals surface area contributed by atoms with Crippen LogP contribution in [0.15, 0.2) is 18.2 Å². The zero-order chi connectivity index (χ0) is 23.0. The number of carbonyl (C=O) groups is 2. The standard InChI is InChI=1S/C18H17F7O5/c1-15(6-2-3-7-15)29-12-5-4-10(8-11(12)19)14(28)30-16(9-13(26)27,17(20,21)22)18(23,24)25/h4-5,8H,2-3,6-7,9H2,1H3,(H,26,27)/p-1. The zero-order valence-corrected chi connectivity index (χ0v) is 15.5. The van der Waals surface area contributed by atoms with Gasteiger partial charge in [0.25, 0.3) is 0 Å². The molecule has 0 N–H and O–H groups in total. The number of hydrogen-bond donors (Lipinski definition) is 0. The molecule has 1 aliphatic carbocycles. The van der Waals surface area contributed by atoms with E-state index in [1.165, 1.54) is 0 Å². The Morgan fingerprint density at radius 1 is 1.07 bits per heavy atom. The number of ether oxygens (including phenoxy) is 2. The number of aliphatic carboxylic acids is 1. The van der Waals surface area contributed by atoms with E-state index < -0.39 is 53.3 Å². The molecular formula is C18H16F7O5-. The van der Waals surface area contributed by atoms with Crippen molar-refractivity contribution in [2.75, 3.05) is 0 Å². The molecule has 1 fully saturated rings. The van der Waals surface area contributed by atoms with Crippen LogP contribution in [0.2, 0.25) is 0 Å². The quantitative estimate of drug-likeness (QED) is 0.493. The molecular weight excluding hydrogens is 429 g/mol. The molecule has 0 amide bonds. The first-order valence-corrected chi connectivity index (χ1v) is 8.65. The van der Waals surface area contributed by atoms with Crippen LogP contribution in [0.4, 0.5) is 30.7 Å². The second-order valence-electron chi connectivity index (χ2n) is 7.17. The van der Waals surface area contributed by atoms with Crippen LogP contribution in [0, 0.1) is 5.82 Å². The average Bonchev–Trinajstić information content (AvgIpc) is 3.00. The van der Waals surface area contributed by atoms with Crippen molar-refractivity contribution in [1.29, 1.82) is 0 Å². The van der Waals surface area contributed by atoms with E-state index in [1.54, 1.807) is 6.92 Å². The van der Waals surface area contributed by atoms with Gasteiger partial charge in [-0.1, -0.05) is 0 Å². The van der Waals surface area contributed by atoms with Crippen LogP contribution < -0.4 is 9.84 Å². The van der Waals surface area contributed by atoms with Crippen molar-refractivity contribution in [3.05, 3.63) is 29.6 Å². The number of halogens is 7. The minimum absolute atomic E-state index is 0.344. The third kappa shape index (κ3) is 4.78.